The molecule has 0 heterocycles. The smallest absolute Gasteiger partial charge is 0.140 e. The summed E-state index contributed by atoms with van der Waals surface area (Å²) in [6, 6.07) is 7.17. The lowest BCUT2D eigenvalue weighted by molar-refractivity contribution is 0.612. The van der Waals surface area contributed by atoms with E-state index in [-0.39, 0.29) is 5.56 Å². The molecule has 2 atom stereocenters. The van der Waals surface area contributed by atoms with Crippen LogP contribution in [0.4, 0.5) is 4.39 Å². The Morgan fingerprint density at radius 3 is 3.00 bits per heavy atom. The van der Waals surface area contributed by atoms with Crippen LogP contribution in [-0.2, 0) is 6.54 Å². The highest BCUT2D eigenvalue weighted by Gasteiger charge is 2.34. The highest BCUT2D eigenvalue weighted by atomic mass is 19.1. The van der Waals surface area contributed by atoms with Crippen LogP contribution >= 0.6 is 0 Å². The molecule has 0 spiro atoms. The van der Waals surface area contributed by atoms with Crippen molar-refractivity contribution < 1.29 is 4.39 Å². The number of halogens is 1. The van der Waals surface area contributed by atoms with E-state index in [1.54, 1.807) is 12.1 Å². The van der Waals surface area contributed by atoms with Crippen LogP contribution in [0.25, 0.3) is 0 Å². The molecule has 3 heteroatoms. The predicted octanol–water partition coefficient (Wildman–Crippen LogP) is 2.59. The van der Waals surface area contributed by atoms with Gasteiger partial charge in [-0.25, -0.2) is 4.39 Å². The standard InChI is InChI=1S/C13H15FN2/c1-2-10-6-13(10)16-8-9-3-4-12(14)11(5-9)7-15/h3-5,10,13,16H,2,6,8H2,1H3. The topological polar surface area (TPSA) is 35.8 Å². The first kappa shape index (κ1) is 11.1. The quantitative estimate of drug-likeness (QED) is 0.843. The van der Waals surface area contributed by atoms with Crippen molar-refractivity contribution in [3.05, 3.63) is 35.1 Å². The van der Waals surface area contributed by atoms with Crippen LogP contribution in [-0.4, -0.2) is 6.04 Å². The van der Waals surface area contributed by atoms with Gasteiger partial charge in [-0.05, 0) is 30.0 Å². The summed E-state index contributed by atoms with van der Waals surface area (Å²) in [4.78, 5) is 0. The fourth-order valence-electron chi connectivity index (χ4n) is 1.97. The zero-order valence-electron chi connectivity index (χ0n) is 9.33. The molecule has 0 aromatic heterocycles. The highest BCUT2D eigenvalue weighted by molar-refractivity contribution is 5.34. The maximum absolute atomic E-state index is 13.1. The Morgan fingerprint density at radius 2 is 2.38 bits per heavy atom. The van der Waals surface area contributed by atoms with Crippen LogP contribution in [0.15, 0.2) is 18.2 Å². The number of hydrogen-bond donors (Lipinski definition) is 1. The minimum absolute atomic E-state index is 0.127. The van der Waals surface area contributed by atoms with Gasteiger partial charge in [0.05, 0.1) is 5.56 Å². The van der Waals surface area contributed by atoms with Crippen LogP contribution in [0.5, 0.6) is 0 Å². The van der Waals surface area contributed by atoms with Gasteiger partial charge in [-0.1, -0.05) is 19.4 Å². The van der Waals surface area contributed by atoms with Gasteiger partial charge in [0.2, 0.25) is 0 Å². The molecule has 0 radical (unpaired) electrons. The normalized spacial score (nSPS) is 22.8. The molecule has 2 nitrogen and oxygen atoms in total. The largest absolute Gasteiger partial charge is 0.310 e. The Kier molecular flexibility index (Phi) is 3.21. The second-order valence-corrected chi connectivity index (χ2v) is 4.32. The number of nitriles is 1. The lowest BCUT2D eigenvalue weighted by Gasteiger charge is -2.04. The molecule has 0 amide bonds. The Morgan fingerprint density at radius 1 is 1.56 bits per heavy atom. The third-order valence-corrected chi connectivity index (χ3v) is 3.17. The summed E-state index contributed by atoms with van der Waals surface area (Å²) in [6.07, 6.45) is 2.45. The molecule has 0 saturated heterocycles. The molecule has 0 bridgehead atoms. The minimum Gasteiger partial charge on any atom is -0.310 e. The number of rotatable bonds is 4. The number of nitrogens with zero attached hydrogens (tertiary/aromatic N) is 1. The molecule has 2 unspecified atom stereocenters. The Hall–Kier alpha value is -1.40. The molecule has 1 aromatic rings. The molecule has 0 aliphatic heterocycles. The van der Waals surface area contributed by atoms with E-state index >= 15 is 0 Å². The fraction of sp³-hybridized carbons (Fsp3) is 0.462. The van der Waals surface area contributed by atoms with Crippen LogP contribution < -0.4 is 5.32 Å². The maximum Gasteiger partial charge on any atom is 0.140 e. The zero-order chi connectivity index (χ0) is 11.5. The van der Waals surface area contributed by atoms with Gasteiger partial charge >= 0.3 is 0 Å². The van der Waals surface area contributed by atoms with Crippen LogP contribution in [0.1, 0.15) is 30.9 Å². The van der Waals surface area contributed by atoms with E-state index in [1.807, 2.05) is 6.07 Å². The Balaban J connectivity index is 1.93. The van der Waals surface area contributed by atoms with E-state index in [0.717, 1.165) is 18.0 Å². The molecule has 1 aliphatic rings. The Labute approximate surface area is 95.1 Å². The summed E-state index contributed by atoms with van der Waals surface area (Å²) < 4.78 is 13.1. The average molecular weight is 218 g/mol. The van der Waals surface area contributed by atoms with Crippen molar-refractivity contribution in [3.63, 3.8) is 0 Å². The van der Waals surface area contributed by atoms with Crippen molar-refractivity contribution >= 4 is 0 Å². The predicted molar refractivity (Wildman–Crippen MR) is 60.1 cm³/mol. The van der Waals surface area contributed by atoms with Gasteiger partial charge in [-0.3, -0.25) is 0 Å². The van der Waals surface area contributed by atoms with Gasteiger partial charge in [0, 0.05) is 12.6 Å². The Bertz CT molecular complexity index is 422. The van der Waals surface area contributed by atoms with Gasteiger partial charge in [0.15, 0.2) is 0 Å². The minimum atomic E-state index is -0.441. The summed E-state index contributed by atoms with van der Waals surface area (Å²) in [5.41, 5.74) is 1.10. The van der Waals surface area contributed by atoms with E-state index in [4.69, 9.17) is 5.26 Å². The summed E-state index contributed by atoms with van der Waals surface area (Å²) in [5, 5.41) is 12.1. The SMILES string of the molecule is CCC1CC1NCc1ccc(F)c(C#N)c1. The molecule has 84 valence electrons. The van der Waals surface area contributed by atoms with Crippen LogP contribution in [0.2, 0.25) is 0 Å². The highest BCUT2D eigenvalue weighted by Crippen LogP contribution is 2.33. The first-order valence-corrected chi connectivity index (χ1v) is 5.66. The van der Waals surface area contributed by atoms with Crippen molar-refractivity contribution in [3.8, 4) is 6.07 Å². The van der Waals surface area contributed by atoms with E-state index in [1.165, 1.54) is 18.9 Å². The lowest BCUT2D eigenvalue weighted by Crippen LogP contribution is -2.17. The van der Waals surface area contributed by atoms with E-state index in [9.17, 15) is 4.39 Å². The first-order chi connectivity index (χ1) is 7.74. The molecule has 1 fully saturated rings. The summed E-state index contributed by atoms with van der Waals surface area (Å²) in [6.45, 7) is 2.91. The van der Waals surface area contributed by atoms with E-state index in [0.29, 0.717) is 6.04 Å². The van der Waals surface area contributed by atoms with E-state index < -0.39 is 5.82 Å². The summed E-state index contributed by atoms with van der Waals surface area (Å²) in [5.74, 6) is 0.361. The van der Waals surface area contributed by atoms with Crippen LogP contribution in [0, 0.1) is 23.1 Å². The van der Waals surface area contributed by atoms with Gasteiger partial charge in [0.1, 0.15) is 11.9 Å². The molecule has 1 aromatic carbocycles. The third kappa shape index (κ3) is 2.40. The van der Waals surface area contributed by atoms with E-state index in [2.05, 4.69) is 12.2 Å². The number of hydrogen-bond acceptors (Lipinski definition) is 2. The van der Waals surface area contributed by atoms with Crippen LogP contribution in [0.3, 0.4) is 0 Å². The molecule has 1 N–H and O–H groups in total. The van der Waals surface area contributed by atoms with Crippen molar-refractivity contribution in [2.75, 3.05) is 0 Å². The van der Waals surface area contributed by atoms with Gasteiger partial charge < -0.3 is 5.32 Å². The second kappa shape index (κ2) is 4.63. The monoisotopic (exact) mass is 218 g/mol. The number of benzene rings is 1. The lowest BCUT2D eigenvalue weighted by atomic mass is 10.1. The van der Waals surface area contributed by atoms with Crippen molar-refractivity contribution in [1.29, 1.82) is 5.26 Å². The molecule has 16 heavy (non-hydrogen) atoms. The van der Waals surface area contributed by atoms with Gasteiger partial charge in [-0.2, -0.15) is 5.26 Å². The van der Waals surface area contributed by atoms with Crippen molar-refractivity contribution in [2.45, 2.75) is 32.4 Å². The summed E-state index contributed by atoms with van der Waals surface area (Å²) >= 11 is 0. The maximum atomic E-state index is 13.1. The zero-order valence-corrected chi connectivity index (χ0v) is 9.33. The molecule has 1 saturated carbocycles. The number of nitrogens with one attached hydrogen (secondary N) is 1. The van der Waals surface area contributed by atoms with Crippen molar-refractivity contribution in [1.82, 2.24) is 5.32 Å². The van der Waals surface area contributed by atoms with Gasteiger partial charge in [0.25, 0.3) is 0 Å². The first-order valence-electron chi connectivity index (χ1n) is 5.66. The molecule has 2 rings (SSSR count). The van der Waals surface area contributed by atoms with Crippen molar-refractivity contribution in [2.24, 2.45) is 5.92 Å². The molecular weight excluding hydrogens is 203 g/mol. The molecule has 1 aliphatic carbocycles. The fourth-order valence-corrected chi connectivity index (χ4v) is 1.97. The molecular formula is C13H15FN2. The summed E-state index contributed by atoms with van der Waals surface area (Å²) in [7, 11) is 0. The average Bonchev–Trinajstić information content (AvgIpc) is 3.06. The second-order valence-electron chi connectivity index (χ2n) is 4.32. The van der Waals surface area contributed by atoms with Gasteiger partial charge in [-0.15, -0.1) is 0 Å². The third-order valence-electron chi connectivity index (χ3n) is 3.17.